The van der Waals surface area contributed by atoms with Crippen molar-refractivity contribution < 1.29 is 14.0 Å². The first-order chi connectivity index (χ1) is 9.71. The van der Waals surface area contributed by atoms with Crippen molar-refractivity contribution in [3.05, 3.63) is 54.2 Å². The van der Waals surface area contributed by atoms with Crippen LogP contribution in [0, 0.1) is 0 Å². The van der Waals surface area contributed by atoms with Crippen molar-refractivity contribution in [1.82, 2.24) is 0 Å². The third kappa shape index (κ3) is 1.51. The third-order valence-electron chi connectivity index (χ3n) is 4.11. The van der Waals surface area contributed by atoms with Gasteiger partial charge in [0.05, 0.1) is 23.3 Å². The van der Waals surface area contributed by atoms with Crippen molar-refractivity contribution >= 4 is 0 Å². The Labute approximate surface area is 118 Å². The van der Waals surface area contributed by atoms with Gasteiger partial charge >= 0.3 is 5.91 Å². The van der Waals surface area contributed by atoms with Crippen LogP contribution in [0.25, 0.3) is 11.3 Å². The van der Waals surface area contributed by atoms with Crippen LogP contribution in [0.3, 0.4) is 0 Å². The molecule has 3 nitrogen and oxygen atoms in total. The van der Waals surface area contributed by atoms with Gasteiger partial charge in [-0.05, 0) is 32.0 Å². The molecule has 2 unspecified atom stereocenters. The van der Waals surface area contributed by atoms with E-state index in [-0.39, 0.29) is 12.2 Å². The third-order valence-corrected chi connectivity index (χ3v) is 4.11. The molecule has 2 atom stereocenters. The lowest BCUT2D eigenvalue weighted by atomic mass is 10.0. The van der Waals surface area contributed by atoms with E-state index in [0.29, 0.717) is 0 Å². The van der Waals surface area contributed by atoms with Crippen LogP contribution in [0.2, 0.25) is 0 Å². The predicted molar refractivity (Wildman–Crippen MR) is 74.9 cm³/mol. The van der Waals surface area contributed by atoms with Crippen molar-refractivity contribution in [2.45, 2.75) is 38.4 Å². The lowest BCUT2D eigenvalue weighted by Gasteiger charge is -2.36. The molecule has 3 heterocycles. The summed E-state index contributed by atoms with van der Waals surface area (Å²) in [6.07, 6.45) is 3.31. The highest BCUT2D eigenvalue weighted by atomic mass is 16.7. The van der Waals surface area contributed by atoms with Gasteiger partial charge in [0.15, 0.2) is 6.20 Å². The zero-order chi connectivity index (χ0) is 13.7. The normalized spacial score (nSPS) is 31.1. The minimum atomic E-state index is -0.801. The van der Waals surface area contributed by atoms with Crippen LogP contribution in [-0.4, -0.2) is 12.2 Å². The second-order valence-electron chi connectivity index (χ2n) is 5.68. The molecule has 1 spiro atoms. The molecule has 1 aromatic carbocycles. The minimum Gasteiger partial charge on any atom is -0.287 e. The van der Waals surface area contributed by atoms with Gasteiger partial charge in [0.2, 0.25) is 5.69 Å². The fourth-order valence-electron chi connectivity index (χ4n) is 3.41. The molecule has 3 heteroatoms. The summed E-state index contributed by atoms with van der Waals surface area (Å²) in [4.78, 5) is 0. The van der Waals surface area contributed by atoms with Crippen LogP contribution in [-0.2, 0) is 15.4 Å². The largest absolute Gasteiger partial charge is 0.421 e. The van der Waals surface area contributed by atoms with Crippen molar-refractivity contribution in [1.29, 1.82) is 0 Å². The first-order valence-corrected chi connectivity index (χ1v) is 7.17. The number of nitrogens with zero attached hydrogens (tertiary/aromatic N) is 1. The number of benzene rings is 1. The molecule has 0 bridgehead atoms. The van der Waals surface area contributed by atoms with E-state index in [0.717, 1.165) is 17.7 Å². The Morgan fingerprint density at radius 3 is 2.50 bits per heavy atom. The van der Waals surface area contributed by atoms with Gasteiger partial charge in [0.1, 0.15) is 0 Å². The van der Waals surface area contributed by atoms with E-state index in [4.69, 9.17) is 9.47 Å². The van der Waals surface area contributed by atoms with Gasteiger partial charge in [-0.25, -0.2) is 0 Å². The van der Waals surface area contributed by atoms with E-state index in [1.807, 2.05) is 18.3 Å². The second kappa shape index (κ2) is 4.14. The number of rotatable bonds is 0. The average Bonchev–Trinajstić information content (AvgIpc) is 2.70. The Bertz CT molecular complexity index is 610. The SMILES string of the molecule is CC1CC(C)OC2(O1)c1ccccc1-c1cccc[n+]12. The molecule has 1 aromatic heterocycles. The van der Waals surface area contributed by atoms with E-state index >= 15 is 0 Å². The van der Waals surface area contributed by atoms with Crippen molar-refractivity contribution in [3.63, 3.8) is 0 Å². The van der Waals surface area contributed by atoms with E-state index in [2.05, 4.69) is 48.7 Å². The molecule has 4 rings (SSSR count). The maximum Gasteiger partial charge on any atom is 0.421 e. The van der Waals surface area contributed by atoms with Crippen molar-refractivity contribution in [3.8, 4) is 11.3 Å². The summed E-state index contributed by atoms with van der Waals surface area (Å²) in [5.74, 6) is -0.801. The lowest BCUT2D eigenvalue weighted by molar-refractivity contribution is -0.841. The topological polar surface area (TPSA) is 22.3 Å². The standard InChI is InChI=1S/C17H18NO2/c1-12-11-13(2)20-17(19-12)15-8-4-3-7-14(15)16-9-5-6-10-18(16)17/h3-10,12-13H,11H2,1-2H3/q+1. The van der Waals surface area contributed by atoms with E-state index < -0.39 is 5.91 Å². The number of aromatic nitrogens is 1. The molecule has 2 aliphatic heterocycles. The number of ether oxygens (including phenoxy) is 2. The molecule has 2 aliphatic rings. The molecule has 1 saturated heterocycles. The van der Waals surface area contributed by atoms with Gasteiger partial charge in [-0.15, -0.1) is 4.57 Å². The van der Waals surface area contributed by atoms with Gasteiger partial charge in [0, 0.05) is 18.6 Å². The highest BCUT2D eigenvalue weighted by Gasteiger charge is 2.58. The first kappa shape index (κ1) is 12.1. The summed E-state index contributed by atoms with van der Waals surface area (Å²) >= 11 is 0. The summed E-state index contributed by atoms with van der Waals surface area (Å²) in [5.41, 5.74) is 3.43. The number of fused-ring (bicyclic) bond motifs is 5. The van der Waals surface area contributed by atoms with Crippen molar-refractivity contribution in [2.24, 2.45) is 0 Å². The number of hydrogen-bond donors (Lipinski definition) is 0. The smallest absolute Gasteiger partial charge is 0.287 e. The quantitative estimate of drug-likeness (QED) is 0.686. The number of pyridine rings is 1. The lowest BCUT2D eigenvalue weighted by Crippen LogP contribution is -2.62. The van der Waals surface area contributed by atoms with E-state index in [9.17, 15) is 0 Å². The molecule has 2 aromatic rings. The molecule has 0 aliphatic carbocycles. The van der Waals surface area contributed by atoms with Crippen LogP contribution in [0.1, 0.15) is 25.8 Å². The van der Waals surface area contributed by atoms with Crippen LogP contribution in [0.4, 0.5) is 0 Å². The highest BCUT2D eigenvalue weighted by molar-refractivity contribution is 5.64. The fraction of sp³-hybridized carbons (Fsp3) is 0.353. The fourth-order valence-corrected chi connectivity index (χ4v) is 3.41. The summed E-state index contributed by atoms with van der Waals surface area (Å²) in [6.45, 7) is 4.23. The molecule has 102 valence electrons. The zero-order valence-electron chi connectivity index (χ0n) is 11.7. The van der Waals surface area contributed by atoms with Crippen LogP contribution in [0.5, 0.6) is 0 Å². The van der Waals surface area contributed by atoms with Crippen LogP contribution >= 0.6 is 0 Å². The Morgan fingerprint density at radius 1 is 1.00 bits per heavy atom. The van der Waals surface area contributed by atoms with Gasteiger partial charge in [-0.1, -0.05) is 12.1 Å². The molecular formula is C17H18NO2+. The molecular weight excluding hydrogens is 250 g/mol. The predicted octanol–water partition coefficient (Wildman–Crippen LogP) is 2.83. The minimum absolute atomic E-state index is 0.172. The summed E-state index contributed by atoms with van der Waals surface area (Å²) in [5, 5.41) is 0. The molecule has 0 N–H and O–H groups in total. The highest BCUT2D eigenvalue weighted by Crippen LogP contribution is 2.42. The average molecular weight is 268 g/mol. The van der Waals surface area contributed by atoms with Gasteiger partial charge in [-0.3, -0.25) is 9.47 Å². The van der Waals surface area contributed by atoms with Gasteiger partial charge < -0.3 is 0 Å². The molecule has 1 fully saturated rings. The summed E-state index contributed by atoms with van der Waals surface area (Å²) in [7, 11) is 0. The summed E-state index contributed by atoms with van der Waals surface area (Å²) < 4.78 is 14.7. The number of hydrogen-bond acceptors (Lipinski definition) is 2. The van der Waals surface area contributed by atoms with Gasteiger partial charge in [0.25, 0.3) is 0 Å². The Kier molecular flexibility index (Phi) is 2.50. The molecule has 0 saturated carbocycles. The van der Waals surface area contributed by atoms with Crippen LogP contribution in [0.15, 0.2) is 48.7 Å². The molecule has 0 radical (unpaired) electrons. The maximum atomic E-state index is 6.30. The van der Waals surface area contributed by atoms with E-state index in [1.54, 1.807) is 0 Å². The Hall–Kier alpha value is -1.71. The molecule has 0 amide bonds. The van der Waals surface area contributed by atoms with Gasteiger partial charge in [-0.2, -0.15) is 0 Å². The Morgan fingerprint density at radius 2 is 1.70 bits per heavy atom. The van der Waals surface area contributed by atoms with Crippen molar-refractivity contribution in [2.75, 3.05) is 0 Å². The maximum absolute atomic E-state index is 6.30. The monoisotopic (exact) mass is 268 g/mol. The van der Waals surface area contributed by atoms with E-state index in [1.165, 1.54) is 5.56 Å². The van der Waals surface area contributed by atoms with Crippen LogP contribution < -0.4 is 4.57 Å². The second-order valence-corrected chi connectivity index (χ2v) is 5.68. The summed E-state index contributed by atoms with van der Waals surface area (Å²) in [6, 6.07) is 14.5. The molecule has 20 heavy (non-hydrogen) atoms. The first-order valence-electron chi connectivity index (χ1n) is 7.17. The Balaban J connectivity index is 1.99. The zero-order valence-corrected chi connectivity index (χ0v) is 11.7.